The van der Waals surface area contributed by atoms with Crippen LogP contribution in [0, 0.1) is 0 Å². The molecule has 2 unspecified atom stereocenters. The van der Waals surface area contributed by atoms with Crippen LogP contribution in [0.15, 0.2) is 0 Å². The summed E-state index contributed by atoms with van der Waals surface area (Å²) in [5, 5.41) is 0. The van der Waals surface area contributed by atoms with Crippen molar-refractivity contribution in [3.05, 3.63) is 0 Å². The maximum Gasteiger partial charge on any atom is 0.0232 e. The maximum absolute atomic E-state index is 2.56. The molecule has 0 aromatic heterocycles. The molecule has 11 heavy (non-hydrogen) atoms. The molecule has 2 bridgehead atoms. The standard InChI is InChI=1S/C7H14N2.C2H6/c1-8-4-5-9-3-2-7(8)6-9;1-2/h7H,2-6H2,1H3;1-2H3. The Hall–Kier alpha value is -0.0800. The summed E-state index contributed by atoms with van der Waals surface area (Å²) in [6.07, 6.45) is 1.40. The third kappa shape index (κ3) is 1.94. The van der Waals surface area contributed by atoms with Gasteiger partial charge in [0.25, 0.3) is 0 Å². The molecule has 0 N–H and O–H groups in total. The molecule has 0 saturated carbocycles. The van der Waals surface area contributed by atoms with Crippen molar-refractivity contribution in [2.24, 2.45) is 0 Å². The zero-order valence-electron chi connectivity index (χ0n) is 8.01. The lowest BCUT2D eigenvalue weighted by Gasteiger charge is -2.30. The minimum Gasteiger partial charge on any atom is -0.301 e. The van der Waals surface area contributed by atoms with Gasteiger partial charge in [0, 0.05) is 25.7 Å². The molecule has 0 aliphatic carbocycles. The van der Waals surface area contributed by atoms with Gasteiger partial charge in [-0.05, 0) is 20.0 Å². The normalized spacial score (nSPS) is 36.3. The van der Waals surface area contributed by atoms with Crippen LogP contribution >= 0.6 is 0 Å². The van der Waals surface area contributed by atoms with E-state index in [0.29, 0.717) is 0 Å². The molecular formula is C9H20N2. The van der Waals surface area contributed by atoms with Gasteiger partial charge in [-0.1, -0.05) is 13.8 Å². The van der Waals surface area contributed by atoms with Gasteiger partial charge in [0.2, 0.25) is 0 Å². The highest BCUT2D eigenvalue weighted by molar-refractivity contribution is 4.86. The van der Waals surface area contributed by atoms with E-state index in [1.165, 1.54) is 32.6 Å². The van der Waals surface area contributed by atoms with Crippen molar-refractivity contribution in [2.45, 2.75) is 26.3 Å². The highest BCUT2D eigenvalue weighted by Crippen LogP contribution is 2.17. The van der Waals surface area contributed by atoms with Crippen LogP contribution in [0.3, 0.4) is 0 Å². The summed E-state index contributed by atoms with van der Waals surface area (Å²) in [7, 11) is 2.24. The first-order chi connectivity index (χ1) is 5.36. The van der Waals surface area contributed by atoms with Gasteiger partial charge in [-0.15, -0.1) is 0 Å². The Balaban J connectivity index is 0.000000281. The van der Waals surface area contributed by atoms with Crippen LogP contribution in [-0.4, -0.2) is 49.1 Å². The third-order valence-electron chi connectivity index (χ3n) is 2.64. The summed E-state index contributed by atoms with van der Waals surface area (Å²) >= 11 is 0. The van der Waals surface area contributed by atoms with E-state index in [2.05, 4.69) is 16.8 Å². The van der Waals surface area contributed by atoms with Gasteiger partial charge >= 0.3 is 0 Å². The van der Waals surface area contributed by atoms with Gasteiger partial charge in [-0.25, -0.2) is 0 Å². The average molecular weight is 156 g/mol. The Morgan fingerprint density at radius 3 is 2.45 bits per heavy atom. The van der Waals surface area contributed by atoms with E-state index in [1.807, 2.05) is 13.8 Å². The highest BCUT2D eigenvalue weighted by atomic mass is 15.3. The number of fused-ring (bicyclic) bond motifs is 2. The summed E-state index contributed by atoms with van der Waals surface area (Å²) < 4.78 is 0. The lowest BCUT2D eigenvalue weighted by molar-refractivity contribution is 0.165. The first kappa shape index (κ1) is 9.01. The van der Waals surface area contributed by atoms with E-state index < -0.39 is 0 Å². The number of hydrogen-bond acceptors (Lipinski definition) is 2. The van der Waals surface area contributed by atoms with Crippen molar-refractivity contribution in [3.63, 3.8) is 0 Å². The van der Waals surface area contributed by atoms with E-state index in [1.54, 1.807) is 0 Å². The zero-order chi connectivity index (χ0) is 8.27. The SMILES string of the molecule is CC.CN1CCN2CCC1C2. The Morgan fingerprint density at radius 2 is 1.82 bits per heavy atom. The maximum atomic E-state index is 2.56. The van der Waals surface area contributed by atoms with Crippen LogP contribution in [0.5, 0.6) is 0 Å². The van der Waals surface area contributed by atoms with E-state index in [9.17, 15) is 0 Å². The van der Waals surface area contributed by atoms with Crippen molar-refractivity contribution in [1.29, 1.82) is 0 Å². The molecular weight excluding hydrogens is 136 g/mol. The van der Waals surface area contributed by atoms with E-state index >= 15 is 0 Å². The second-order valence-corrected chi connectivity index (χ2v) is 3.22. The molecule has 2 aliphatic rings. The van der Waals surface area contributed by atoms with Crippen molar-refractivity contribution in [1.82, 2.24) is 9.80 Å². The molecule has 2 fully saturated rings. The van der Waals surface area contributed by atoms with Crippen molar-refractivity contribution in [3.8, 4) is 0 Å². The van der Waals surface area contributed by atoms with Crippen molar-refractivity contribution < 1.29 is 0 Å². The fourth-order valence-corrected chi connectivity index (χ4v) is 1.86. The Morgan fingerprint density at radius 1 is 1.09 bits per heavy atom. The van der Waals surface area contributed by atoms with Gasteiger partial charge < -0.3 is 9.80 Å². The molecule has 0 aromatic rings. The molecule has 66 valence electrons. The van der Waals surface area contributed by atoms with Gasteiger partial charge in [0.05, 0.1) is 0 Å². The molecule has 0 spiro atoms. The van der Waals surface area contributed by atoms with Crippen molar-refractivity contribution >= 4 is 0 Å². The fraction of sp³-hybridized carbons (Fsp3) is 1.00. The second kappa shape index (κ2) is 4.07. The van der Waals surface area contributed by atoms with Crippen LogP contribution in [0.2, 0.25) is 0 Å². The Labute approximate surface area is 70.2 Å². The Kier molecular flexibility index (Phi) is 3.34. The quantitative estimate of drug-likeness (QED) is 0.517. The first-order valence-electron chi connectivity index (χ1n) is 4.79. The molecule has 2 heterocycles. The van der Waals surface area contributed by atoms with Crippen LogP contribution < -0.4 is 0 Å². The molecule has 2 heteroatoms. The summed E-state index contributed by atoms with van der Waals surface area (Å²) in [4.78, 5) is 5.05. The van der Waals surface area contributed by atoms with Crippen molar-refractivity contribution in [2.75, 3.05) is 33.2 Å². The number of likely N-dealkylation sites (N-methyl/N-ethyl adjacent to an activating group) is 1. The molecule has 2 aliphatic heterocycles. The third-order valence-corrected chi connectivity index (χ3v) is 2.64. The topological polar surface area (TPSA) is 6.48 Å². The van der Waals surface area contributed by atoms with Crippen LogP contribution in [-0.2, 0) is 0 Å². The summed E-state index contributed by atoms with van der Waals surface area (Å²) in [5.74, 6) is 0. The Bertz CT molecular complexity index is 114. The lowest BCUT2D eigenvalue weighted by Crippen LogP contribution is -2.44. The predicted octanol–water partition coefficient (Wildman–Crippen LogP) is 1.03. The molecule has 0 radical (unpaired) electrons. The molecule has 2 nitrogen and oxygen atoms in total. The number of nitrogens with zero attached hydrogens (tertiary/aromatic N) is 2. The number of rotatable bonds is 0. The lowest BCUT2D eigenvalue weighted by atomic mass is 10.2. The minimum absolute atomic E-state index is 0.888. The molecule has 0 amide bonds. The van der Waals surface area contributed by atoms with E-state index in [0.717, 1.165) is 6.04 Å². The number of hydrogen-bond donors (Lipinski definition) is 0. The van der Waals surface area contributed by atoms with Crippen LogP contribution in [0.25, 0.3) is 0 Å². The summed E-state index contributed by atoms with van der Waals surface area (Å²) in [6, 6.07) is 0.888. The first-order valence-corrected chi connectivity index (χ1v) is 4.79. The van der Waals surface area contributed by atoms with Gasteiger partial charge in [-0.2, -0.15) is 0 Å². The fourth-order valence-electron chi connectivity index (χ4n) is 1.86. The monoisotopic (exact) mass is 156 g/mol. The zero-order valence-corrected chi connectivity index (χ0v) is 8.01. The van der Waals surface area contributed by atoms with Gasteiger partial charge in [0.1, 0.15) is 0 Å². The van der Waals surface area contributed by atoms with E-state index in [-0.39, 0.29) is 0 Å². The predicted molar refractivity (Wildman–Crippen MR) is 48.8 cm³/mol. The summed E-state index contributed by atoms with van der Waals surface area (Å²) in [6.45, 7) is 9.25. The molecule has 2 saturated heterocycles. The highest BCUT2D eigenvalue weighted by Gasteiger charge is 2.29. The van der Waals surface area contributed by atoms with Gasteiger partial charge in [0.15, 0.2) is 0 Å². The smallest absolute Gasteiger partial charge is 0.0232 e. The summed E-state index contributed by atoms with van der Waals surface area (Å²) in [5.41, 5.74) is 0. The van der Waals surface area contributed by atoms with Gasteiger partial charge in [-0.3, -0.25) is 0 Å². The van der Waals surface area contributed by atoms with Crippen LogP contribution in [0.1, 0.15) is 20.3 Å². The largest absolute Gasteiger partial charge is 0.301 e. The second-order valence-electron chi connectivity index (χ2n) is 3.22. The minimum atomic E-state index is 0.888. The van der Waals surface area contributed by atoms with Crippen LogP contribution in [0.4, 0.5) is 0 Å². The molecule has 2 atom stereocenters. The molecule has 2 rings (SSSR count). The average Bonchev–Trinajstić information content (AvgIpc) is 2.46. The number of piperazine rings is 1. The van der Waals surface area contributed by atoms with E-state index in [4.69, 9.17) is 0 Å². The molecule has 0 aromatic carbocycles.